The van der Waals surface area contributed by atoms with Crippen molar-refractivity contribution in [2.75, 3.05) is 18.5 Å². The van der Waals surface area contributed by atoms with Gasteiger partial charge in [0.1, 0.15) is 16.3 Å². The molecule has 0 bridgehead atoms. The van der Waals surface area contributed by atoms with Crippen LogP contribution in [0.4, 0.5) is 18.9 Å². The summed E-state index contributed by atoms with van der Waals surface area (Å²) >= 11 is 0. The van der Waals surface area contributed by atoms with Gasteiger partial charge >= 0.3 is 6.18 Å². The Hall–Kier alpha value is -3.01. The van der Waals surface area contributed by atoms with Crippen LogP contribution in [0.25, 0.3) is 11.3 Å². The Morgan fingerprint density at radius 3 is 2.30 bits per heavy atom. The molecule has 2 aromatic carbocycles. The Morgan fingerprint density at radius 1 is 1.03 bits per heavy atom. The summed E-state index contributed by atoms with van der Waals surface area (Å²) < 4.78 is 75.6. The average Bonchev–Trinajstić information content (AvgIpc) is 3.19. The summed E-state index contributed by atoms with van der Waals surface area (Å²) in [6, 6.07) is 9.90. The second kappa shape index (κ2) is 7.67. The Morgan fingerprint density at radius 2 is 1.73 bits per heavy atom. The van der Waals surface area contributed by atoms with Crippen LogP contribution < -0.4 is 9.04 Å². The maximum Gasteiger partial charge on any atom is 0.452 e. The van der Waals surface area contributed by atoms with Gasteiger partial charge in [0.05, 0.1) is 12.8 Å². The maximum absolute atomic E-state index is 13.3. The Balaban J connectivity index is 2.08. The van der Waals surface area contributed by atoms with Crippen LogP contribution in [0.2, 0.25) is 0 Å². The number of aryl methyl sites for hydroxylation is 2. The lowest BCUT2D eigenvalue weighted by molar-refractivity contribution is -0.155. The van der Waals surface area contributed by atoms with E-state index in [-0.39, 0.29) is 21.9 Å². The lowest BCUT2D eigenvalue weighted by atomic mass is 10.1. The quantitative estimate of drug-likeness (QED) is 0.569. The molecular weight excluding hydrogens is 421 g/mol. The van der Waals surface area contributed by atoms with Crippen LogP contribution >= 0.6 is 0 Å². The van der Waals surface area contributed by atoms with Crippen LogP contribution in [0.3, 0.4) is 0 Å². The number of benzene rings is 2. The zero-order chi connectivity index (χ0) is 22.3. The summed E-state index contributed by atoms with van der Waals surface area (Å²) in [5.74, 6) is -1.22. The Kier molecular flexibility index (Phi) is 5.55. The highest BCUT2D eigenvalue weighted by molar-refractivity contribution is 7.93. The topological polar surface area (TPSA) is 72.6 Å². The highest BCUT2D eigenvalue weighted by Crippen LogP contribution is 2.36. The lowest BCUT2D eigenvalue weighted by Gasteiger charge is -2.22. The third kappa shape index (κ3) is 4.00. The van der Waals surface area contributed by atoms with E-state index in [9.17, 15) is 21.6 Å². The molecule has 0 spiro atoms. The van der Waals surface area contributed by atoms with Crippen molar-refractivity contribution in [2.45, 2.75) is 24.9 Å². The fourth-order valence-electron chi connectivity index (χ4n) is 2.79. The van der Waals surface area contributed by atoms with Gasteiger partial charge in [-0.05, 0) is 55.3 Å². The molecule has 1 heterocycles. The highest BCUT2D eigenvalue weighted by atomic mass is 32.2. The van der Waals surface area contributed by atoms with Crippen LogP contribution in [0.5, 0.6) is 5.75 Å². The Bertz CT molecular complexity index is 1190. The molecule has 0 atom stereocenters. The molecule has 6 nitrogen and oxygen atoms in total. The molecule has 3 rings (SSSR count). The molecule has 0 N–H and O–H groups in total. The summed E-state index contributed by atoms with van der Waals surface area (Å²) in [4.78, 5) is -0.209. The lowest BCUT2D eigenvalue weighted by Crippen LogP contribution is -2.27. The molecule has 30 heavy (non-hydrogen) atoms. The molecule has 0 unspecified atom stereocenters. The molecule has 160 valence electrons. The molecule has 1 aromatic heterocycles. The molecule has 0 amide bonds. The minimum absolute atomic E-state index is 0.0500. The zero-order valence-electron chi connectivity index (χ0n) is 16.6. The van der Waals surface area contributed by atoms with E-state index in [1.165, 1.54) is 32.4 Å². The molecule has 0 saturated heterocycles. The van der Waals surface area contributed by atoms with Gasteiger partial charge < -0.3 is 9.26 Å². The minimum atomic E-state index is -4.70. The smallest absolute Gasteiger partial charge is 0.452 e. The van der Waals surface area contributed by atoms with E-state index in [1.807, 2.05) is 13.8 Å². The standard InChI is InChI=1S/C20H19F3N2O4S/c1-12-5-7-15(9-13(12)2)25(3)30(26,27)18-10-14(6-8-17(18)28-4)16-11-19(29-24-16)20(21,22)23/h5-11H,1-4H3. The summed E-state index contributed by atoms with van der Waals surface area (Å²) in [6.07, 6.45) is -4.70. The van der Waals surface area contributed by atoms with Crippen molar-refractivity contribution in [1.29, 1.82) is 0 Å². The van der Waals surface area contributed by atoms with Crippen LogP contribution in [0, 0.1) is 13.8 Å². The van der Waals surface area contributed by atoms with E-state index >= 15 is 0 Å². The average molecular weight is 440 g/mol. The van der Waals surface area contributed by atoms with Gasteiger partial charge in [0.2, 0.25) is 5.76 Å². The summed E-state index contributed by atoms with van der Waals surface area (Å²) in [7, 11) is -1.39. The number of alkyl halides is 3. The van der Waals surface area contributed by atoms with Gasteiger partial charge in [-0.1, -0.05) is 11.2 Å². The SMILES string of the molecule is COc1ccc(-c2cc(C(F)(F)F)on2)cc1S(=O)(=O)N(C)c1ccc(C)c(C)c1. The number of hydrogen-bond acceptors (Lipinski definition) is 5. The van der Waals surface area contributed by atoms with Gasteiger partial charge in [0.25, 0.3) is 10.0 Å². The van der Waals surface area contributed by atoms with Crippen LogP contribution in [0.15, 0.2) is 51.9 Å². The second-order valence-electron chi connectivity index (χ2n) is 6.68. The van der Waals surface area contributed by atoms with E-state index in [0.717, 1.165) is 15.4 Å². The zero-order valence-corrected chi connectivity index (χ0v) is 17.4. The summed E-state index contributed by atoms with van der Waals surface area (Å²) in [5.41, 5.74) is 2.36. The van der Waals surface area contributed by atoms with E-state index in [1.54, 1.807) is 18.2 Å². The number of methoxy groups -OCH3 is 1. The number of hydrogen-bond donors (Lipinski definition) is 0. The van der Waals surface area contributed by atoms with Crippen molar-refractivity contribution >= 4 is 15.7 Å². The first-order valence-corrected chi connectivity index (χ1v) is 10.2. The molecule has 0 aliphatic heterocycles. The van der Waals surface area contributed by atoms with Gasteiger partial charge in [-0.15, -0.1) is 0 Å². The number of aromatic nitrogens is 1. The molecular formula is C20H19F3N2O4S. The predicted molar refractivity (Wildman–Crippen MR) is 105 cm³/mol. The molecule has 0 aliphatic carbocycles. The molecule has 0 aliphatic rings. The van der Waals surface area contributed by atoms with Gasteiger partial charge in [0, 0.05) is 18.7 Å². The second-order valence-corrected chi connectivity index (χ2v) is 8.62. The van der Waals surface area contributed by atoms with Crippen LogP contribution in [-0.2, 0) is 16.2 Å². The largest absolute Gasteiger partial charge is 0.495 e. The first kappa shape index (κ1) is 21.7. The van der Waals surface area contributed by atoms with Crippen molar-refractivity contribution in [2.24, 2.45) is 0 Å². The van der Waals surface area contributed by atoms with Gasteiger partial charge in [0.15, 0.2) is 0 Å². The van der Waals surface area contributed by atoms with Crippen molar-refractivity contribution in [3.63, 3.8) is 0 Å². The van der Waals surface area contributed by atoms with Gasteiger partial charge in [-0.25, -0.2) is 8.42 Å². The fraction of sp³-hybridized carbons (Fsp3) is 0.250. The van der Waals surface area contributed by atoms with Crippen molar-refractivity contribution in [3.8, 4) is 17.0 Å². The first-order chi connectivity index (χ1) is 13.9. The van der Waals surface area contributed by atoms with Gasteiger partial charge in [-0.2, -0.15) is 13.2 Å². The Labute approximate surface area is 171 Å². The monoisotopic (exact) mass is 440 g/mol. The van der Waals surface area contributed by atoms with Crippen LogP contribution in [-0.4, -0.2) is 27.7 Å². The maximum atomic E-state index is 13.3. The molecule has 0 fully saturated rings. The molecule has 3 aromatic rings. The third-order valence-electron chi connectivity index (χ3n) is 4.74. The number of rotatable bonds is 5. The molecule has 0 radical (unpaired) electrons. The molecule has 0 saturated carbocycles. The van der Waals surface area contributed by atoms with E-state index in [4.69, 9.17) is 4.74 Å². The predicted octanol–water partition coefficient (Wildman–Crippen LogP) is 4.81. The summed E-state index contributed by atoms with van der Waals surface area (Å²) in [6.45, 7) is 3.77. The van der Waals surface area contributed by atoms with Crippen molar-refractivity contribution in [1.82, 2.24) is 5.16 Å². The van der Waals surface area contributed by atoms with E-state index in [0.29, 0.717) is 11.8 Å². The number of anilines is 1. The summed E-state index contributed by atoms with van der Waals surface area (Å²) in [5, 5.41) is 3.41. The molecule has 10 heteroatoms. The first-order valence-electron chi connectivity index (χ1n) is 8.73. The normalized spacial score (nSPS) is 12.1. The highest BCUT2D eigenvalue weighted by Gasteiger charge is 2.36. The van der Waals surface area contributed by atoms with Crippen molar-refractivity contribution in [3.05, 3.63) is 59.4 Å². The van der Waals surface area contributed by atoms with Gasteiger partial charge in [-0.3, -0.25) is 4.31 Å². The van der Waals surface area contributed by atoms with Crippen molar-refractivity contribution < 1.29 is 30.8 Å². The fourth-order valence-corrected chi connectivity index (χ4v) is 4.16. The number of sulfonamides is 1. The third-order valence-corrected chi connectivity index (χ3v) is 6.55. The van der Waals surface area contributed by atoms with Crippen LogP contribution in [0.1, 0.15) is 16.9 Å². The number of ether oxygens (including phenoxy) is 1. The number of halogens is 3. The number of nitrogens with zero attached hydrogens (tertiary/aromatic N) is 2. The van der Waals surface area contributed by atoms with E-state index in [2.05, 4.69) is 9.68 Å². The van der Waals surface area contributed by atoms with E-state index < -0.39 is 22.0 Å². The minimum Gasteiger partial charge on any atom is -0.495 e.